The minimum Gasteiger partial charge on any atom is -0.488 e. The zero-order chi connectivity index (χ0) is 15.2. The Morgan fingerprint density at radius 3 is 2.48 bits per heavy atom. The van der Waals surface area contributed by atoms with Crippen molar-refractivity contribution in [2.24, 2.45) is 0 Å². The summed E-state index contributed by atoms with van der Waals surface area (Å²) in [4.78, 5) is 13.7. The Hall–Kier alpha value is -1.66. The number of piperazine rings is 1. The summed E-state index contributed by atoms with van der Waals surface area (Å²) in [6, 6.07) is 4.94. The molecular formula is C15H25N3O3+2. The molecule has 1 heterocycles. The van der Waals surface area contributed by atoms with Crippen LogP contribution in [0.3, 0.4) is 0 Å². The number of likely N-dealkylation sites (N-methyl/N-ethyl adjacent to an activating group) is 1. The van der Waals surface area contributed by atoms with Crippen LogP contribution in [0, 0.1) is 17.0 Å². The second kappa shape index (κ2) is 7.38. The number of nitro benzene ring substituents is 1. The molecule has 1 aromatic carbocycles. The molecule has 0 amide bonds. The zero-order valence-electron chi connectivity index (χ0n) is 12.9. The monoisotopic (exact) mass is 295 g/mol. The van der Waals surface area contributed by atoms with E-state index in [2.05, 4.69) is 6.92 Å². The number of nitro groups is 1. The van der Waals surface area contributed by atoms with Crippen LogP contribution in [-0.4, -0.2) is 50.8 Å². The fraction of sp³-hybridized carbons (Fsp3) is 0.600. The van der Waals surface area contributed by atoms with E-state index in [0.29, 0.717) is 12.2 Å². The molecule has 0 saturated carbocycles. The van der Waals surface area contributed by atoms with Gasteiger partial charge in [-0.15, -0.1) is 0 Å². The summed E-state index contributed by atoms with van der Waals surface area (Å²) in [6.07, 6.45) is 0. The van der Waals surface area contributed by atoms with Crippen LogP contribution in [0.1, 0.15) is 12.5 Å². The molecule has 0 aliphatic carbocycles. The molecular weight excluding hydrogens is 270 g/mol. The quantitative estimate of drug-likeness (QED) is 0.527. The first-order valence-electron chi connectivity index (χ1n) is 7.65. The lowest BCUT2D eigenvalue weighted by Crippen LogP contribution is -3.28. The fourth-order valence-corrected chi connectivity index (χ4v) is 2.80. The van der Waals surface area contributed by atoms with Gasteiger partial charge in [0.1, 0.15) is 45.1 Å². The van der Waals surface area contributed by atoms with Crippen LogP contribution >= 0.6 is 0 Å². The highest BCUT2D eigenvalue weighted by atomic mass is 16.6. The van der Waals surface area contributed by atoms with Crippen molar-refractivity contribution in [1.29, 1.82) is 0 Å². The number of ether oxygens (including phenoxy) is 1. The van der Waals surface area contributed by atoms with E-state index in [1.807, 2.05) is 0 Å². The predicted molar refractivity (Wildman–Crippen MR) is 80.1 cm³/mol. The summed E-state index contributed by atoms with van der Waals surface area (Å²) in [6.45, 7) is 11.7. The predicted octanol–water partition coefficient (Wildman–Crippen LogP) is -0.915. The molecule has 0 aromatic heterocycles. The van der Waals surface area contributed by atoms with Gasteiger partial charge in [0.25, 0.3) is 5.69 Å². The molecule has 0 radical (unpaired) electrons. The van der Waals surface area contributed by atoms with Crippen LogP contribution in [0.25, 0.3) is 0 Å². The number of aryl methyl sites for hydroxylation is 1. The maximum Gasteiger partial charge on any atom is 0.272 e. The van der Waals surface area contributed by atoms with E-state index >= 15 is 0 Å². The molecule has 21 heavy (non-hydrogen) atoms. The molecule has 6 heteroatoms. The lowest BCUT2D eigenvalue weighted by atomic mass is 10.2. The smallest absolute Gasteiger partial charge is 0.272 e. The van der Waals surface area contributed by atoms with Crippen LogP contribution < -0.4 is 14.5 Å². The zero-order valence-corrected chi connectivity index (χ0v) is 12.9. The second-order valence-electron chi connectivity index (χ2n) is 5.66. The molecule has 0 bridgehead atoms. The lowest BCUT2D eigenvalue weighted by Gasteiger charge is -2.28. The standard InChI is InChI=1S/C15H23N3O3/c1-3-16-6-8-17(9-7-16)10-11-21-14-4-5-15(18(19)20)13(2)12-14/h4-5,12H,3,6-11H2,1-2H3/p+2. The first kappa shape index (κ1) is 15.7. The normalized spacial score (nSPS) is 22.0. The Morgan fingerprint density at radius 2 is 1.90 bits per heavy atom. The third-order valence-corrected chi connectivity index (χ3v) is 4.25. The molecule has 1 saturated heterocycles. The van der Waals surface area contributed by atoms with Gasteiger partial charge in [-0.3, -0.25) is 10.1 Å². The van der Waals surface area contributed by atoms with Crippen LogP contribution in [0.5, 0.6) is 5.75 Å². The first-order valence-corrected chi connectivity index (χ1v) is 7.65. The van der Waals surface area contributed by atoms with E-state index in [4.69, 9.17) is 4.74 Å². The van der Waals surface area contributed by atoms with E-state index in [1.165, 1.54) is 38.8 Å². The molecule has 1 aromatic rings. The largest absolute Gasteiger partial charge is 0.488 e. The van der Waals surface area contributed by atoms with E-state index < -0.39 is 0 Å². The van der Waals surface area contributed by atoms with Gasteiger partial charge in [0.2, 0.25) is 0 Å². The van der Waals surface area contributed by atoms with E-state index in [1.54, 1.807) is 28.9 Å². The minimum absolute atomic E-state index is 0.145. The number of benzene rings is 1. The molecule has 1 aliphatic rings. The van der Waals surface area contributed by atoms with Gasteiger partial charge in [0.15, 0.2) is 0 Å². The highest BCUT2D eigenvalue weighted by Gasteiger charge is 2.21. The Labute approximate surface area is 125 Å². The van der Waals surface area contributed by atoms with Crippen molar-refractivity contribution in [2.45, 2.75) is 13.8 Å². The SMILES string of the molecule is CC[NH+]1CC[NH+](CCOc2ccc([N+](=O)[O-])c(C)c2)CC1. The number of hydrogen-bond acceptors (Lipinski definition) is 3. The summed E-state index contributed by atoms with van der Waals surface area (Å²) in [5, 5.41) is 10.8. The summed E-state index contributed by atoms with van der Waals surface area (Å²) >= 11 is 0. The number of rotatable bonds is 6. The van der Waals surface area contributed by atoms with Crippen molar-refractivity contribution >= 4 is 5.69 Å². The molecule has 0 spiro atoms. The average Bonchev–Trinajstić information content (AvgIpc) is 2.47. The molecule has 2 rings (SSSR count). The van der Waals surface area contributed by atoms with Gasteiger partial charge in [0, 0.05) is 11.6 Å². The Bertz CT molecular complexity index is 485. The van der Waals surface area contributed by atoms with E-state index in [-0.39, 0.29) is 10.6 Å². The molecule has 116 valence electrons. The third kappa shape index (κ3) is 4.41. The lowest BCUT2D eigenvalue weighted by molar-refractivity contribution is -1.01. The van der Waals surface area contributed by atoms with Gasteiger partial charge >= 0.3 is 0 Å². The molecule has 0 atom stereocenters. The molecule has 0 unspecified atom stereocenters. The van der Waals surface area contributed by atoms with Crippen molar-refractivity contribution in [2.75, 3.05) is 45.9 Å². The third-order valence-electron chi connectivity index (χ3n) is 4.25. The molecule has 6 nitrogen and oxygen atoms in total. The van der Waals surface area contributed by atoms with Crippen LogP contribution in [0.2, 0.25) is 0 Å². The summed E-state index contributed by atoms with van der Waals surface area (Å²) in [5.41, 5.74) is 0.789. The number of quaternary nitrogens is 2. The Balaban J connectivity index is 1.76. The van der Waals surface area contributed by atoms with Gasteiger partial charge in [-0.05, 0) is 26.0 Å². The fourth-order valence-electron chi connectivity index (χ4n) is 2.80. The van der Waals surface area contributed by atoms with E-state index in [9.17, 15) is 10.1 Å². The molecule has 1 aliphatic heterocycles. The summed E-state index contributed by atoms with van der Waals surface area (Å²) < 4.78 is 5.73. The van der Waals surface area contributed by atoms with Gasteiger partial charge in [-0.2, -0.15) is 0 Å². The van der Waals surface area contributed by atoms with Crippen LogP contribution in [0.15, 0.2) is 18.2 Å². The summed E-state index contributed by atoms with van der Waals surface area (Å²) in [7, 11) is 0. The van der Waals surface area contributed by atoms with Gasteiger partial charge < -0.3 is 14.5 Å². The van der Waals surface area contributed by atoms with Gasteiger partial charge in [-0.25, -0.2) is 0 Å². The minimum atomic E-state index is -0.362. The highest BCUT2D eigenvalue weighted by Crippen LogP contribution is 2.22. The van der Waals surface area contributed by atoms with Crippen LogP contribution in [-0.2, 0) is 0 Å². The van der Waals surface area contributed by atoms with Crippen molar-refractivity contribution in [1.82, 2.24) is 0 Å². The highest BCUT2D eigenvalue weighted by molar-refractivity contribution is 5.44. The van der Waals surface area contributed by atoms with Gasteiger partial charge in [-0.1, -0.05) is 0 Å². The van der Waals surface area contributed by atoms with E-state index in [0.717, 1.165) is 12.3 Å². The molecule has 2 N–H and O–H groups in total. The second-order valence-corrected chi connectivity index (χ2v) is 5.66. The first-order chi connectivity index (χ1) is 10.1. The number of hydrogen-bond donors (Lipinski definition) is 2. The van der Waals surface area contributed by atoms with Crippen molar-refractivity contribution in [3.8, 4) is 5.75 Å². The van der Waals surface area contributed by atoms with Crippen LogP contribution in [0.4, 0.5) is 5.69 Å². The van der Waals surface area contributed by atoms with Crippen molar-refractivity contribution < 1.29 is 19.5 Å². The molecule has 1 fully saturated rings. The Kier molecular flexibility index (Phi) is 5.52. The van der Waals surface area contributed by atoms with Gasteiger partial charge in [0.05, 0.1) is 11.5 Å². The maximum absolute atomic E-state index is 10.8. The maximum atomic E-state index is 10.8. The average molecular weight is 295 g/mol. The Morgan fingerprint density at radius 1 is 1.24 bits per heavy atom. The van der Waals surface area contributed by atoms with Crippen molar-refractivity contribution in [3.63, 3.8) is 0 Å². The topological polar surface area (TPSA) is 61.2 Å². The number of nitrogens with zero attached hydrogens (tertiary/aromatic N) is 1. The number of nitrogens with one attached hydrogen (secondary N) is 2. The summed E-state index contributed by atoms with van der Waals surface area (Å²) in [5.74, 6) is 0.718. The van der Waals surface area contributed by atoms with Crippen molar-refractivity contribution in [3.05, 3.63) is 33.9 Å².